The molecule has 29 heavy (non-hydrogen) atoms. The highest BCUT2D eigenvalue weighted by Crippen LogP contribution is 2.15. The van der Waals surface area contributed by atoms with Crippen LogP contribution in [0.4, 0.5) is 4.79 Å². The summed E-state index contributed by atoms with van der Waals surface area (Å²) >= 11 is 0. The van der Waals surface area contributed by atoms with E-state index >= 15 is 0 Å². The standard InChI is InChI=1S/C20H22N2O7/c1-3-27-20(26)22-8-6-21(7-9-22)18(24)12-28-19(25)17-11-15(23)14-10-13(2)4-5-16(14)29-17/h4-5,10-11H,3,6-9,12H2,1-2H3. The van der Waals surface area contributed by atoms with Crippen molar-refractivity contribution in [2.45, 2.75) is 13.8 Å². The first-order valence-electron chi connectivity index (χ1n) is 9.30. The molecule has 0 spiro atoms. The third-order valence-corrected chi connectivity index (χ3v) is 4.57. The third-order valence-electron chi connectivity index (χ3n) is 4.57. The highest BCUT2D eigenvalue weighted by molar-refractivity contribution is 5.90. The van der Waals surface area contributed by atoms with Crippen LogP contribution in [0.1, 0.15) is 23.0 Å². The maximum absolute atomic E-state index is 12.3. The Labute approximate surface area is 166 Å². The Balaban J connectivity index is 1.56. The van der Waals surface area contributed by atoms with Crippen LogP contribution in [0.2, 0.25) is 0 Å². The molecule has 1 fully saturated rings. The van der Waals surface area contributed by atoms with E-state index < -0.39 is 18.7 Å². The van der Waals surface area contributed by atoms with Crippen LogP contribution < -0.4 is 5.43 Å². The molecule has 0 radical (unpaired) electrons. The molecule has 0 aliphatic carbocycles. The molecule has 1 aliphatic rings. The van der Waals surface area contributed by atoms with Crippen LogP contribution in [0.3, 0.4) is 0 Å². The normalized spacial score (nSPS) is 14.0. The van der Waals surface area contributed by atoms with Crippen molar-refractivity contribution in [1.82, 2.24) is 9.80 Å². The average molecular weight is 402 g/mol. The van der Waals surface area contributed by atoms with Crippen LogP contribution in [-0.2, 0) is 14.3 Å². The smallest absolute Gasteiger partial charge is 0.409 e. The number of piperazine rings is 1. The average Bonchev–Trinajstić information content (AvgIpc) is 2.72. The van der Waals surface area contributed by atoms with Gasteiger partial charge < -0.3 is 23.7 Å². The number of hydrogen-bond donors (Lipinski definition) is 0. The number of fused-ring (bicyclic) bond motifs is 1. The number of nitrogens with zero attached hydrogens (tertiary/aromatic N) is 2. The zero-order valence-corrected chi connectivity index (χ0v) is 16.3. The Morgan fingerprint density at radius 1 is 1.03 bits per heavy atom. The van der Waals surface area contributed by atoms with Gasteiger partial charge in [0, 0.05) is 32.2 Å². The molecule has 1 aromatic heterocycles. The van der Waals surface area contributed by atoms with Crippen molar-refractivity contribution < 1.29 is 28.3 Å². The highest BCUT2D eigenvalue weighted by atomic mass is 16.6. The molecule has 0 bridgehead atoms. The van der Waals surface area contributed by atoms with E-state index in [1.165, 1.54) is 9.80 Å². The van der Waals surface area contributed by atoms with E-state index in [4.69, 9.17) is 13.9 Å². The molecule has 9 heteroatoms. The monoisotopic (exact) mass is 402 g/mol. The van der Waals surface area contributed by atoms with Crippen LogP contribution in [-0.4, -0.2) is 67.2 Å². The molecule has 1 aliphatic heterocycles. The number of carbonyl (C=O) groups is 3. The van der Waals surface area contributed by atoms with E-state index in [9.17, 15) is 19.2 Å². The van der Waals surface area contributed by atoms with E-state index in [0.29, 0.717) is 38.2 Å². The number of esters is 1. The molecule has 0 N–H and O–H groups in total. The lowest BCUT2D eigenvalue weighted by molar-refractivity contribution is -0.136. The molecular formula is C20H22N2O7. The van der Waals surface area contributed by atoms with Gasteiger partial charge >= 0.3 is 12.1 Å². The maximum atomic E-state index is 12.3. The van der Waals surface area contributed by atoms with Gasteiger partial charge in [-0.25, -0.2) is 9.59 Å². The second kappa shape index (κ2) is 8.76. The predicted octanol–water partition coefficient (Wildman–Crippen LogP) is 1.56. The molecule has 1 saturated heterocycles. The van der Waals surface area contributed by atoms with E-state index in [0.717, 1.165) is 11.6 Å². The molecule has 154 valence electrons. The largest absolute Gasteiger partial charge is 0.450 e. The first-order chi connectivity index (χ1) is 13.9. The SMILES string of the molecule is CCOC(=O)N1CCN(C(=O)COC(=O)c2cc(=O)c3cc(C)ccc3o2)CC1. The van der Waals surface area contributed by atoms with Gasteiger partial charge in [0.25, 0.3) is 5.91 Å². The maximum Gasteiger partial charge on any atom is 0.409 e. The summed E-state index contributed by atoms with van der Waals surface area (Å²) in [7, 11) is 0. The van der Waals surface area contributed by atoms with Gasteiger partial charge in [0.05, 0.1) is 12.0 Å². The predicted molar refractivity (Wildman–Crippen MR) is 103 cm³/mol. The Kier molecular flexibility index (Phi) is 6.16. The van der Waals surface area contributed by atoms with Gasteiger partial charge in [0.15, 0.2) is 12.0 Å². The van der Waals surface area contributed by atoms with E-state index in [2.05, 4.69) is 0 Å². The second-order valence-electron chi connectivity index (χ2n) is 6.62. The summed E-state index contributed by atoms with van der Waals surface area (Å²) in [6.07, 6.45) is -0.410. The molecule has 2 aromatic rings. The fourth-order valence-electron chi connectivity index (χ4n) is 3.01. The zero-order chi connectivity index (χ0) is 21.0. The van der Waals surface area contributed by atoms with Gasteiger partial charge in [0.2, 0.25) is 5.76 Å². The molecular weight excluding hydrogens is 380 g/mol. The summed E-state index contributed by atoms with van der Waals surface area (Å²) in [5, 5.41) is 0.372. The molecule has 0 unspecified atom stereocenters. The lowest BCUT2D eigenvalue weighted by atomic mass is 10.1. The Morgan fingerprint density at radius 2 is 1.72 bits per heavy atom. The van der Waals surface area contributed by atoms with Crippen LogP contribution in [0.15, 0.2) is 33.5 Å². The number of carbonyl (C=O) groups excluding carboxylic acids is 3. The number of hydrogen-bond acceptors (Lipinski definition) is 7. The van der Waals surface area contributed by atoms with E-state index in [1.54, 1.807) is 25.1 Å². The van der Waals surface area contributed by atoms with E-state index in [1.807, 2.05) is 6.92 Å². The molecule has 2 heterocycles. The van der Waals surface area contributed by atoms with Gasteiger partial charge in [-0.3, -0.25) is 9.59 Å². The molecule has 0 atom stereocenters. The lowest BCUT2D eigenvalue weighted by Crippen LogP contribution is -2.51. The summed E-state index contributed by atoms with van der Waals surface area (Å²) in [5.74, 6) is -1.53. The quantitative estimate of drug-likeness (QED) is 0.715. The van der Waals surface area contributed by atoms with Crippen molar-refractivity contribution in [1.29, 1.82) is 0 Å². The number of amides is 2. The van der Waals surface area contributed by atoms with Crippen molar-refractivity contribution in [2.24, 2.45) is 0 Å². The second-order valence-corrected chi connectivity index (χ2v) is 6.62. The summed E-state index contributed by atoms with van der Waals surface area (Å²) in [6.45, 7) is 4.71. The number of benzene rings is 1. The number of rotatable bonds is 4. The summed E-state index contributed by atoms with van der Waals surface area (Å²) in [5.41, 5.74) is 0.813. The zero-order valence-electron chi connectivity index (χ0n) is 16.3. The molecule has 0 saturated carbocycles. The highest BCUT2D eigenvalue weighted by Gasteiger charge is 2.26. The molecule has 9 nitrogen and oxygen atoms in total. The van der Waals surface area contributed by atoms with Crippen molar-refractivity contribution in [3.8, 4) is 0 Å². The van der Waals surface area contributed by atoms with Crippen LogP contribution in [0, 0.1) is 6.92 Å². The molecule has 1 aromatic carbocycles. The van der Waals surface area contributed by atoms with Gasteiger partial charge in [0.1, 0.15) is 5.58 Å². The van der Waals surface area contributed by atoms with Gasteiger partial charge in [-0.1, -0.05) is 11.6 Å². The Morgan fingerprint density at radius 3 is 2.41 bits per heavy atom. The fourth-order valence-corrected chi connectivity index (χ4v) is 3.01. The van der Waals surface area contributed by atoms with Crippen LogP contribution >= 0.6 is 0 Å². The summed E-state index contributed by atoms with van der Waals surface area (Å²) in [4.78, 5) is 51.4. The van der Waals surface area contributed by atoms with Crippen molar-refractivity contribution >= 4 is 28.9 Å². The minimum atomic E-state index is -0.886. The van der Waals surface area contributed by atoms with Crippen LogP contribution in [0.25, 0.3) is 11.0 Å². The van der Waals surface area contributed by atoms with Crippen molar-refractivity contribution in [3.63, 3.8) is 0 Å². The molecule has 2 amide bonds. The Hall–Kier alpha value is -3.36. The third kappa shape index (κ3) is 4.74. The lowest BCUT2D eigenvalue weighted by Gasteiger charge is -2.33. The summed E-state index contributed by atoms with van der Waals surface area (Å²) < 4.78 is 15.4. The van der Waals surface area contributed by atoms with E-state index in [-0.39, 0.29) is 22.7 Å². The number of ether oxygens (including phenoxy) is 2. The van der Waals surface area contributed by atoms with Gasteiger partial charge in [-0.15, -0.1) is 0 Å². The van der Waals surface area contributed by atoms with Gasteiger partial charge in [-0.05, 0) is 26.0 Å². The topological polar surface area (TPSA) is 106 Å². The minimum Gasteiger partial charge on any atom is -0.450 e. The first-order valence-corrected chi connectivity index (χ1v) is 9.30. The fraction of sp³-hybridized carbons (Fsp3) is 0.400. The summed E-state index contributed by atoms with van der Waals surface area (Å²) in [6, 6.07) is 6.11. The van der Waals surface area contributed by atoms with Crippen LogP contribution in [0.5, 0.6) is 0 Å². The van der Waals surface area contributed by atoms with Crippen molar-refractivity contribution in [3.05, 3.63) is 45.8 Å². The van der Waals surface area contributed by atoms with Gasteiger partial charge in [-0.2, -0.15) is 0 Å². The molecule has 3 rings (SSSR count). The Bertz CT molecular complexity index is 990. The number of aryl methyl sites for hydroxylation is 1. The first kappa shape index (κ1) is 20.4. The van der Waals surface area contributed by atoms with Crippen molar-refractivity contribution in [2.75, 3.05) is 39.4 Å². The minimum absolute atomic E-state index is 0.258.